The van der Waals surface area contributed by atoms with E-state index in [1.807, 2.05) is 0 Å². The van der Waals surface area contributed by atoms with Crippen LogP contribution in [0.15, 0.2) is 0 Å². The van der Waals surface area contributed by atoms with Gasteiger partial charge < -0.3 is 0 Å². The summed E-state index contributed by atoms with van der Waals surface area (Å²) in [7, 11) is 1.23. The van der Waals surface area contributed by atoms with E-state index in [0.717, 1.165) is 0 Å². The van der Waals surface area contributed by atoms with Gasteiger partial charge >= 0.3 is 61.1 Å². The average molecular weight is 166 g/mol. The average Bonchev–Trinajstić information content (AvgIpc) is 1.84. The predicted molar refractivity (Wildman–Crippen MR) is 54.2 cm³/mol. The fourth-order valence-corrected chi connectivity index (χ4v) is 3.51. The Labute approximate surface area is 61.8 Å². The van der Waals surface area contributed by atoms with Crippen LogP contribution in [0, 0.1) is 0 Å². The Balaban J connectivity index is 3.33. The van der Waals surface area contributed by atoms with Gasteiger partial charge in [-0.2, -0.15) is 0 Å². The fourth-order valence-electron chi connectivity index (χ4n) is 0.744. The SMILES string of the molecule is CCCC[PH](C)(C)PC. The number of hydrogen-bond acceptors (Lipinski definition) is 0. The van der Waals surface area contributed by atoms with Crippen LogP contribution in [-0.4, -0.2) is 26.2 Å². The van der Waals surface area contributed by atoms with Crippen LogP contribution in [-0.2, 0) is 0 Å². The molecule has 0 aliphatic carbocycles. The van der Waals surface area contributed by atoms with Crippen LogP contribution >= 0.6 is 15.2 Å². The predicted octanol–water partition coefficient (Wildman–Crippen LogP) is 3.02. The van der Waals surface area contributed by atoms with Crippen LogP contribution in [0.3, 0.4) is 0 Å². The van der Waals surface area contributed by atoms with Gasteiger partial charge in [-0.05, 0) is 0 Å². The Kier molecular flexibility index (Phi) is 5.08. The van der Waals surface area contributed by atoms with E-state index in [2.05, 4.69) is 26.9 Å². The van der Waals surface area contributed by atoms with E-state index >= 15 is 0 Å². The van der Waals surface area contributed by atoms with Crippen LogP contribution < -0.4 is 0 Å². The zero-order valence-electron chi connectivity index (χ0n) is 7.12. The molecule has 0 fully saturated rings. The summed E-state index contributed by atoms with van der Waals surface area (Å²) in [5.74, 6) is 0. The van der Waals surface area contributed by atoms with Crippen molar-refractivity contribution in [3.63, 3.8) is 0 Å². The van der Waals surface area contributed by atoms with Gasteiger partial charge in [0.25, 0.3) is 0 Å². The molecule has 0 saturated carbocycles. The van der Waals surface area contributed by atoms with E-state index in [0.29, 0.717) is 0 Å². The molecular weight excluding hydrogens is 146 g/mol. The molecule has 2 heteroatoms. The molecule has 1 atom stereocenters. The van der Waals surface area contributed by atoms with Crippen LogP contribution in [0.25, 0.3) is 0 Å². The molecule has 0 aliphatic rings. The number of hydrogen-bond donors (Lipinski definition) is 0. The summed E-state index contributed by atoms with van der Waals surface area (Å²) < 4.78 is 0. The van der Waals surface area contributed by atoms with Crippen molar-refractivity contribution in [1.82, 2.24) is 0 Å². The third-order valence-electron chi connectivity index (χ3n) is 1.83. The first-order valence-electron chi connectivity index (χ1n) is 3.81. The van der Waals surface area contributed by atoms with E-state index in [9.17, 15) is 0 Å². The van der Waals surface area contributed by atoms with Gasteiger partial charge in [-0.25, -0.2) is 0 Å². The van der Waals surface area contributed by atoms with E-state index < -0.39 is 6.95 Å². The van der Waals surface area contributed by atoms with E-state index in [-0.39, 0.29) is 0 Å². The normalized spacial score (nSPS) is 15.1. The zero-order chi connectivity index (χ0) is 7.33. The van der Waals surface area contributed by atoms with Gasteiger partial charge in [0.05, 0.1) is 0 Å². The van der Waals surface area contributed by atoms with Gasteiger partial charge in [-0.15, -0.1) is 0 Å². The van der Waals surface area contributed by atoms with Gasteiger partial charge in [-0.1, -0.05) is 0 Å². The van der Waals surface area contributed by atoms with Crippen molar-refractivity contribution < 1.29 is 0 Å². The van der Waals surface area contributed by atoms with Gasteiger partial charge in [0, 0.05) is 0 Å². The molecule has 9 heavy (non-hydrogen) atoms. The van der Waals surface area contributed by atoms with Crippen molar-refractivity contribution in [2.75, 3.05) is 26.2 Å². The Morgan fingerprint density at radius 3 is 2.22 bits per heavy atom. The van der Waals surface area contributed by atoms with Gasteiger partial charge in [-0.3, -0.25) is 0 Å². The maximum atomic E-state index is 2.50. The standard InChI is InChI=1S/C7H20P2/c1-5-6-7-9(3,4)8-2/h8-9H,5-7H2,1-4H3. The second kappa shape index (κ2) is 4.64. The molecular formula is C7H20P2. The quantitative estimate of drug-likeness (QED) is 0.563. The molecule has 0 saturated heterocycles. The zero-order valence-corrected chi connectivity index (χ0v) is 9.12. The van der Waals surface area contributed by atoms with Crippen molar-refractivity contribution in [2.45, 2.75) is 19.8 Å². The monoisotopic (exact) mass is 166 g/mol. The summed E-state index contributed by atoms with van der Waals surface area (Å²) in [6.45, 7) is 8.98. The summed E-state index contributed by atoms with van der Waals surface area (Å²) in [6.07, 6.45) is 4.37. The van der Waals surface area contributed by atoms with E-state index in [1.165, 1.54) is 21.1 Å². The molecule has 0 heterocycles. The van der Waals surface area contributed by atoms with Crippen LogP contribution in [0.5, 0.6) is 0 Å². The summed E-state index contributed by atoms with van der Waals surface area (Å²) in [4.78, 5) is 0. The van der Waals surface area contributed by atoms with Crippen molar-refractivity contribution in [2.24, 2.45) is 0 Å². The number of rotatable bonds is 4. The topological polar surface area (TPSA) is 0 Å². The minimum atomic E-state index is -0.670. The van der Waals surface area contributed by atoms with Crippen molar-refractivity contribution in [3.8, 4) is 0 Å². The second-order valence-electron chi connectivity index (χ2n) is 3.24. The minimum absolute atomic E-state index is 0.670. The summed E-state index contributed by atoms with van der Waals surface area (Å²) in [5, 5.41) is 0. The third kappa shape index (κ3) is 5.31. The van der Waals surface area contributed by atoms with E-state index in [1.54, 1.807) is 6.16 Å². The molecule has 0 nitrogen and oxygen atoms in total. The first-order chi connectivity index (χ1) is 4.12. The van der Waals surface area contributed by atoms with Crippen molar-refractivity contribution >= 4 is 15.2 Å². The first-order valence-corrected chi connectivity index (χ1v) is 9.52. The van der Waals surface area contributed by atoms with Crippen molar-refractivity contribution in [1.29, 1.82) is 0 Å². The Bertz CT molecular complexity index is 69.3. The molecule has 0 radical (unpaired) electrons. The molecule has 0 amide bonds. The van der Waals surface area contributed by atoms with Gasteiger partial charge in [0.1, 0.15) is 0 Å². The maximum absolute atomic E-state index is 2.50. The van der Waals surface area contributed by atoms with Gasteiger partial charge in [0.15, 0.2) is 0 Å². The molecule has 0 aromatic heterocycles. The molecule has 0 spiro atoms. The number of unbranched alkanes of at least 4 members (excludes halogenated alkanes) is 1. The third-order valence-corrected chi connectivity index (χ3v) is 9.60. The fraction of sp³-hybridized carbons (Fsp3) is 1.00. The molecule has 1 unspecified atom stereocenters. The van der Waals surface area contributed by atoms with Crippen LogP contribution in [0.1, 0.15) is 19.8 Å². The molecule has 0 bridgehead atoms. The summed E-state index contributed by atoms with van der Waals surface area (Å²) in [5.41, 5.74) is 0. The van der Waals surface area contributed by atoms with Crippen LogP contribution in [0.2, 0.25) is 0 Å². The van der Waals surface area contributed by atoms with Crippen LogP contribution in [0.4, 0.5) is 0 Å². The molecule has 0 aromatic carbocycles. The first kappa shape index (κ1) is 9.86. The second-order valence-corrected chi connectivity index (χ2v) is 13.6. The Morgan fingerprint density at radius 2 is 1.89 bits per heavy atom. The van der Waals surface area contributed by atoms with E-state index in [4.69, 9.17) is 0 Å². The molecule has 0 rings (SSSR count). The summed E-state index contributed by atoms with van der Waals surface area (Å²) in [6, 6.07) is 0. The molecule has 0 aromatic rings. The molecule has 58 valence electrons. The summed E-state index contributed by atoms with van der Waals surface area (Å²) >= 11 is 0. The Hall–Kier alpha value is 0.860. The Morgan fingerprint density at radius 1 is 1.33 bits per heavy atom. The van der Waals surface area contributed by atoms with Crippen molar-refractivity contribution in [3.05, 3.63) is 0 Å². The molecule has 0 aliphatic heterocycles. The van der Waals surface area contributed by atoms with Gasteiger partial charge in [0.2, 0.25) is 0 Å². The molecule has 0 N–H and O–H groups in total.